The van der Waals surface area contributed by atoms with Crippen LogP contribution in [0.3, 0.4) is 0 Å². The van der Waals surface area contributed by atoms with Gasteiger partial charge in [0.1, 0.15) is 24.3 Å². The maximum Gasteiger partial charge on any atom is 0.126 e. The number of halogens is 2. The Hall–Kier alpha value is -2.76. The fraction of sp³-hybridized carbons (Fsp3) is 0.0667. The van der Waals surface area contributed by atoms with Crippen molar-refractivity contribution in [1.29, 1.82) is 0 Å². The molecule has 0 aliphatic carbocycles. The third-order valence-electron chi connectivity index (χ3n) is 2.98. The summed E-state index contributed by atoms with van der Waals surface area (Å²) in [6.07, 6.45) is 3.20. The van der Waals surface area contributed by atoms with Crippen LogP contribution in [0.2, 0.25) is 0 Å². The summed E-state index contributed by atoms with van der Waals surface area (Å²) in [4.78, 5) is 0. The van der Waals surface area contributed by atoms with E-state index in [1.165, 1.54) is 12.1 Å². The Morgan fingerprint density at radius 2 is 1.67 bits per heavy atom. The van der Waals surface area contributed by atoms with Gasteiger partial charge in [0.05, 0.1) is 5.69 Å². The van der Waals surface area contributed by atoms with Crippen LogP contribution in [0.25, 0.3) is 5.69 Å². The van der Waals surface area contributed by atoms with E-state index in [1.807, 2.05) is 24.3 Å². The number of hydrogen-bond acceptors (Lipinski definition) is 3. The van der Waals surface area contributed by atoms with Crippen LogP contribution in [0.15, 0.2) is 55.1 Å². The summed E-state index contributed by atoms with van der Waals surface area (Å²) in [6, 6.07) is 11.0. The smallest absolute Gasteiger partial charge is 0.126 e. The SMILES string of the molecule is Fc1cc(F)cc(CNc2cccc(-n3cnnc3)c2)c1. The first-order valence-corrected chi connectivity index (χ1v) is 6.34. The maximum absolute atomic E-state index is 13.1. The zero-order valence-corrected chi connectivity index (χ0v) is 11.0. The summed E-state index contributed by atoms with van der Waals surface area (Å²) < 4.78 is 28.0. The molecule has 0 aliphatic rings. The van der Waals surface area contributed by atoms with E-state index in [0.29, 0.717) is 12.1 Å². The van der Waals surface area contributed by atoms with Gasteiger partial charge in [0.2, 0.25) is 0 Å². The fourth-order valence-corrected chi connectivity index (χ4v) is 2.03. The molecule has 106 valence electrons. The summed E-state index contributed by atoms with van der Waals surface area (Å²) >= 11 is 0. The van der Waals surface area contributed by atoms with Gasteiger partial charge in [-0.3, -0.25) is 4.57 Å². The van der Waals surface area contributed by atoms with Crippen molar-refractivity contribution in [1.82, 2.24) is 14.8 Å². The minimum Gasteiger partial charge on any atom is -0.381 e. The molecule has 0 bridgehead atoms. The van der Waals surface area contributed by atoms with Gasteiger partial charge >= 0.3 is 0 Å². The predicted molar refractivity (Wildman–Crippen MR) is 75.0 cm³/mol. The summed E-state index contributed by atoms with van der Waals surface area (Å²) in [6.45, 7) is 0.334. The van der Waals surface area contributed by atoms with Gasteiger partial charge in [-0.05, 0) is 35.9 Å². The normalized spacial score (nSPS) is 10.6. The van der Waals surface area contributed by atoms with E-state index in [0.717, 1.165) is 17.4 Å². The van der Waals surface area contributed by atoms with E-state index >= 15 is 0 Å². The lowest BCUT2D eigenvalue weighted by Crippen LogP contribution is -2.01. The lowest BCUT2D eigenvalue weighted by Gasteiger charge is -2.09. The Kier molecular flexibility index (Phi) is 3.59. The van der Waals surface area contributed by atoms with Crippen LogP contribution in [0.4, 0.5) is 14.5 Å². The van der Waals surface area contributed by atoms with Crippen molar-refractivity contribution < 1.29 is 8.78 Å². The molecule has 1 heterocycles. The highest BCUT2D eigenvalue weighted by atomic mass is 19.1. The van der Waals surface area contributed by atoms with Crippen LogP contribution < -0.4 is 5.32 Å². The van der Waals surface area contributed by atoms with Crippen molar-refractivity contribution in [3.63, 3.8) is 0 Å². The van der Waals surface area contributed by atoms with E-state index in [4.69, 9.17) is 0 Å². The largest absolute Gasteiger partial charge is 0.381 e. The molecule has 3 aromatic rings. The third-order valence-corrected chi connectivity index (χ3v) is 2.98. The van der Waals surface area contributed by atoms with Gasteiger partial charge in [0.15, 0.2) is 0 Å². The molecule has 3 rings (SSSR count). The minimum absolute atomic E-state index is 0.334. The highest BCUT2D eigenvalue weighted by Crippen LogP contribution is 2.16. The number of aromatic nitrogens is 3. The average Bonchev–Trinajstić information content (AvgIpc) is 2.99. The Morgan fingerprint density at radius 1 is 0.952 bits per heavy atom. The molecule has 2 aromatic carbocycles. The molecule has 0 aliphatic heterocycles. The average molecular weight is 286 g/mol. The second kappa shape index (κ2) is 5.70. The minimum atomic E-state index is -0.579. The first-order valence-electron chi connectivity index (χ1n) is 6.34. The zero-order chi connectivity index (χ0) is 14.7. The molecule has 1 aromatic heterocycles. The summed E-state index contributed by atoms with van der Waals surface area (Å²) in [5.74, 6) is -1.16. The molecule has 0 atom stereocenters. The van der Waals surface area contributed by atoms with Crippen molar-refractivity contribution in [2.45, 2.75) is 6.54 Å². The molecular formula is C15H12F2N4. The van der Waals surface area contributed by atoms with Gasteiger partial charge in [-0.2, -0.15) is 0 Å². The highest BCUT2D eigenvalue weighted by Gasteiger charge is 2.02. The Labute approximate surface area is 120 Å². The molecular weight excluding hydrogens is 274 g/mol. The molecule has 0 saturated carbocycles. The number of rotatable bonds is 4. The Balaban J connectivity index is 1.75. The van der Waals surface area contributed by atoms with Crippen LogP contribution in [0.1, 0.15) is 5.56 Å². The number of benzene rings is 2. The highest BCUT2D eigenvalue weighted by molar-refractivity contribution is 5.51. The predicted octanol–water partition coefficient (Wildman–Crippen LogP) is 3.16. The van der Waals surface area contributed by atoms with Gasteiger partial charge in [-0.15, -0.1) is 10.2 Å². The number of nitrogens with one attached hydrogen (secondary N) is 1. The van der Waals surface area contributed by atoms with E-state index in [9.17, 15) is 8.78 Å². The molecule has 0 radical (unpaired) electrons. The van der Waals surface area contributed by atoms with Gasteiger partial charge in [0.25, 0.3) is 0 Å². The quantitative estimate of drug-likeness (QED) is 0.801. The standard InChI is InChI=1S/C15H12F2N4/c16-12-4-11(5-13(17)6-12)8-18-14-2-1-3-15(7-14)21-9-19-20-10-21/h1-7,9-10,18H,8H2. The van der Waals surface area contributed by atoms with Gasteiger partial charge < -0.3 is 5.32 Å². The first-order chi connectivity index (χ1) is 10.2. The molecule has 0 spiro atoms. The lowest BCUT2D eigenvalue weighted by atomic mass is 10.2. The van der Waals surface area contributed by atoms with Crippen molar-refractivity contribution in [2.75, 3.05) is 5.32 Å². The van der Waals surface area contributed by atoms with Crippen molar-refractivity contribution in [3.8, 4) is 5.69 Å². The summed E-state index contributed by atoms with van der Waals surface area (Å²) in [7, 11) is 0. The van der Waals surface area contributed by atoms with Crippen LogP contribution >= 0.6 is 0 Å². The van der Waals surface area contributed by atoms with Gasteiger partial charge in [0, 0.05) is 18.3 Å². The summed E-state index contributed by atoms with van der Waals surface area (Å²) in [5.41, 5.74) is 2.28. The zero-order valence-electron chi connectivity index (χ0n) is 11.0. The molecule has 6 heteroatoms. The van der Waals surface area contributed by atoms with E-state index in [-0.39, 0.29) is 0 Å². The topological polar surface area (TPSA) is 42.7 Å². The summed E-state index contributed by atoms with van der Waals surface area (Å²) in [5, 5.41) is 10.6. The Bertz CT molecular complexity index is 721. The van der Waals surface area contributed by atoms with E-state index in [2.05, 4.69) is 15.5 Å². The molecule has 0 saturated heterocycles. The molecule has 21 heavy (non-hydrogen) atoms. The van der Waals surface area contributed by atoms with Crippen molar-refractivity contribution >= 4 is 5.69 Å². The first kappa shape index (κ1) is 13.2. The Morgan fingerprint density at radius 3 is 2.38 bits per heavy atom. The monoisotopic (exact) mass is 286 g/mol. The maximum atomic E-state index is 13.1. The third kappa shape index (κ3) is 3.22. The van der Waals surface area contributed by atoms with Gasteiger partial charge in [-0.1, -0.05) is 6.07 Å². The number of hydrogen-bond donors (Lipinski definition) is 1. The van der Waals surface area contributed by atoms with Crippen LogP contribution in [0, 0.1) is 11.6 Å². The van der Waals surface area contributed by atoms with Crippen LogP contribution in [-0.2, 0) is 6.54 Å². The second-order valence-electron chi connectivity index (χ2n) is 4.55. The van der Waals surface area contributed by atoms with Crippen LogP contribution in [0.5, 0.6) is 0 Å². The van der Waals surface area contributed by atoms with Gasteiger partial charge in [-0.25, -0.2) is 8.78 Å². The van der Waals surface area contributed by atoms with Crippen molar-refractivity contribution in [3.05, 3.63) is 72.3 Å². The van der Waals surface area contributed by atoms with E-state index < -0.39 is 11.6 Å². The molecule has 1 N–H and O–H groups in total. The number of anilines is 1. The fourth-order valence-electron chi connectivity index (χ4n) is 2.03. The van der Waals surface area contributed by atoms with E-state index in [1.54, 1.807) is 17.2 Å². The molecule has 4 nitrogen and oxygen atoms in total. The molecule has 0 unspecified atom stereocenters. The molecule has 0 fully saturated rings. The van der Waals surface area contributed by atoms with Crippen LogP contribution in [-0.4, -0.2) is 14.8 Å². The second-order valence-corrected chi connectivity index (χ2v) is 4.55. The number of nitrogens with zero attached hydrogens (tertiary/aromatic N) is 3. The van der Waals surface area contributed by atoms with Crippen molar-refractivity contribution in [2.24, 2.45) is 0 Å². The molecule has 0 amide bonds. The lowest BCUT2D eigenvalue weighted by molar-refractivity contribution is 0.580.